The van der Waals surface area contributed by atoms with Gasteiger partial charge in [-0.25, -0.2) is 9.18 Å². The van der Waals surface area contributed by atoms with Gasteiger partial charge in [-0.15, -0.1) is 0 Å². The number of aliphatic hydroxyl groups excluding tert-OH is 1. The number of carbonyl (C=O) groups is 1. The van der Waals surface area contributed by atoms with Crippen LogP contribution in [0.5, 0.6) is 0 Å². The van der Waals surface area contributed by atoms with Gasteiger partial charge < -0.3 is 24.6 Å². The molecule has 0 aromatic heterocycles. The van der Waals surface area contributed by atoms with Crippen molar-refractivity contribution in [2.45, 2.75) is 44.6 Å². The fraction of sp³-hybridized carbons (Fsp3) is 0.611. The number of likely N-dealkylation sites (N-methyl/N-ethyl adjacent to an activating group) is 1. The van der Waals surface area contributed by atoms with E-state index in [4.69, 9.17) is 14.2 Å². The second kappa shape index (κ2) is 8.71. The molecule has 0 aliphatic carbocycles. The normalized spacial score (nSPS) is 32.4. The zero-order valence-corrected chi connectivity index (χ0v) is 14.8. The lowest BCUT2D eigenvalue weighted by Gasteiger charge is -2.46. The minimum Gasteiger partial charge on any atom is -0.465 e. The quantitative estimate of drug-likeness (QED) is 0.721. The SMILES string of the molecule is CCNCC1OC(OCc2ccccc2)(C(=O)OC)C(F)C(O)C1C. The fourth-order valence-electron chi connectivity index (χ4n) is 2.86. The second-order valence-electron chi connectivity index (χ2n) is 6.15. The Bertz CT molecular complexity index is 558. The second-order valence-corrected chi connectivity index (χ2v) is 6.15. The van der Waals surface area contributed by atoms with E-state index in [1.807, 2.05) is 25.1 Å². The molecule has 1 aromatic rings. The monoisotopic (exact) mass is 355 g/mol. The Kier molecular flexibility index (Phi) is 6.89. The van der Waals surface area contributed by atoms with Crippen molar-refractivity contribution in [3.8, 4) is 0 Å². The Morgan fingerprint density at radius 3 is 2.68 bits per heavy atom. The van der Waals surface area contributed by atoms with E-state index in [1.54, 1.807) is 19.1 Å². The number of aliphatic hydroxyl groups is 1. The van der Waals surface area contributed by atoms with Gasteiger partial charge in [-0.1, -0.05) is 44.2 Å². The minimum absolute atomic E-state index is 0.0502. The molecule has 1 aromatic carbocycles. The lowest BCUT2D eigenvalue weighted by Crippen LogP contribution is -2.66. The first-order valence-corrected chi connectivity index (χ1v) is 8.43. The number of alkyl halides is 1. The van der Waals surface area contributed by atoms with Gasteiger partial charge in [0.25, 0.3) is 0 Å². The Balaban J connectivity index is 2.26. The van der Waals surface area contributed by atoms with E-state index in [0.717, 1.165) is 12.7 Å². The van der Waals surface area contributed by atoms with Crippen LogP contribution in [0.2, 0.25) is 0 Å². The summed E-state index contributed by atoms with van der Waals surface area (Å²) in [6.45, 7) is 4.58. The molecular weight excluding hydrogens is 329 g/mol. The number of methoxy groups -OCH3 is 1. The highest BCUT2D eigenvalue weighted by molar-refractivity contribution is 5.79. The third kappa shape index (κ3) is 4.17. The fourth-order valence-corrected chi connectivity index (χ4v) is 2.86. The minimum atomic E-state index is -2.30. The highest BCUT2D eigenvalue weighted by Crippen LogP contribution is 2.37. The maximum atomic E-state index is 15.0. The van der Waals surface area contributed by atoms with Crippen LogP contribution in [0.4, 0.5) is 4.39 Å². The molecule has 5 unspecified atom stereocenters. The van der Waals surface area contributed by atoms with Gasteiger partial charge in [-0.05, 0) is 12.1 Å². The Hall–Kier alpha value is -1.54. The van der Waals surface area contributed by atoms with E-state index >= 15 is 0 Å². The van der Waals surface area contributed by atoms with Crippen LogP contribution < -0.4 is 5.32 Å². The van der Waals surface area contributed by atoms with E-state index in [2.05, 4.69) is 5.32 Å². The molecule has 1 aliphatic rings. The van der Waals surface area contributed by atoms with E-state index in [1.165, 1.54) is 0 Å². The standard InChI is InChI=1S/C18H26FNO5/c1-4-20-10-14-12(2)15(21)16(19)18(25-14,17(22)23-3)24-11-13-8-6-5-7-9-13/h5-9,12,14-16,20-21H,4,10-11H2,1-3H3. The molecule has 0 amide bonds. The zero-order chi connectivity index (χ0) is 18.4. The summed E-state index contributed by atoms with van der Waals surface area (Å²) in [7, 11) is 1.13. The Morgan fingerprint density at radius 1 is 1.40 bits per heavy atom. The molecule has 5 atom stereocenters. The molecule has 1 fully saturated rings. The van der Waals surface area contributed by atoms with Gasteiger partial charge in [0, 0.05) is 12.5 Å². The molecular formula is C18H26FNO5. The van der Waals surface area contributed by atoms with E-state index in [9.17, 15) is 14.3 Å². The predicted molar refractivity (Wildman–Crippen MR) is 89.5 cm³/mol. The summed E-state index contributed by atoms with van der Waals surface area (Å²) in [6, 6.07) is 9.03. The Morgan fingerprint density at radius 2 is 2.08 bits per heavy atom. The van der Waals surface area contributed by atoms with Crippen molar-refractivity contribution in [2.75, 3.05) is 20.2 Å². The molecule has 140 valence electrons. The summed E-state index contributed by atoms with van der Waals surface area (Å²) in [5, 5.41) is 13.4. The van der Waals surface area contributed by atoms with Crippen LogP contribution in [0.15, 0.2) is 30.3 Å². The van der Waals surface area contributed by atoms with Gasteiger partial charge in [0.2, 0.25) is 0 Å². The number of nitrogens with one attached hydrogen (secondary N) is 1. The van der Waals surface area contributed by atoms with Gasteiger partial charge in [-0.2, -0.15) is 0 Å². The molecule has 7 heteroatoms. The van der Waals surface area contributed by atoms with E-state index in [0.29, 0.717) is 13.1 Å². The summed E-state index contributed by atoms with van der Waals surface area (Å²) < 4.78 is 31.0. The summed E-state index contributed by atoms with van der Waals surface area (Å²) in [4.78, 5) is 12.3. The molecule has 1 saturated heterocycles. The molecule has 0 radical (unpaired) electrons. The molecule has 0 spiro atoms. The summed E-state index contributed by atoms with van der Waals surface area (Å²) in [5.41, 5.74) is 0.748. The molecule has 1 aliphatic heterocycles. The van der Waals surface area contributed by atoms with Crippen LogP contribution in [-0.2, 0) is 25.6 Å². The van der Waals surface area contributed by atoms with Gasteiger partial charge in [-0.3, -0.25) is 0 Å². The number of halogens is 1. The van der Waals surface area contributed by atoms with Crippen molar-refractivity contribution in [2.24, 2.45) is 5.92 Å². The maximum absolute atomic E-state index is 15.0. The predicted octanol–water partition coefficient (Wildman–Crippen LogP) is 1.42. The first-order valence-electron chi connectivity index (χ1n) is 8.43. The van der Waals surface area contributed by atoms with Crippen LogP contribution in [0.1, 0.15) is 19.4 Å². The third-order valence-corrected chi connectivity index (χ3v) is 4.48. The van der Waals surface area contributed by atoms with Gasteiger partial charge in [0.15, 0.2) is 6.17 Å². The number of hydrogen-bond acceptors (Lipinski definition) is 6. The lowest BCUT2D eigenvalue weighted by atomic mass is 9.86. The smallest absolute Gasteiger partial charge is 0.370 e. The van der Waals surface area contributed by atoms with Crippen LogP contribution >= 0.6 is 0 Å². The van der Waals surface area contributed by atoms with Crippen molar-refractivity contribution in [3.05, 3.63) is 35.9 Å². The number of esters is 1. The number of benzene rings is 1. The zero-order valence-electron chi connectivity index (χ0n) is 14.8. The third-order valence-electron chi connectivity index (χ3n) is 4.48. The van der Waals surface area contributed by atoms with Gasteiger partial charge in [0.05, 0.1) is 25.9 Å². The molecule has 0 saturated carbocycles. The maximum Gasteiger partial charge on any atom is 0.370 e. The van der Waals surface area contributed by atoms with Gasteiger partial charge >= 0.3 is 11.8 Å². The van der Waals surface area contributed by atoms with Crippen molar-refractivity contribution < 1.29 is 28.5 Å². The van der Waals surface area contributed by atoms with E-state index < -0.39 is 36.1 Å². The lowest BCUT2D eigenvalue weighted by molar-refractivity contribution is -0.331. The molecule has 1 heterocycles. The van der Waals surface area contributed by atoms with Crippen LogP contribution in [0, 0.1) is 5.92 Å². The molecule has 0 bridgehead atoms. The van der Waals surface area contributed by atoms with Crippen LogP contribution in [0.25, 0.3) is 0 Å². The highest BCUT2D eigenvalue weighted by Gasteiger charge is 2.60. The molecule has 2 rings (SSSR count). The van der Waals surface area contributed by atoms with Crippen molar-refractivity contribution in [1.29, 1.82) is 0 Å². The van der Waals surface area contributed by atoms with Crippen molar-refractivity contribution in [1.82, 2.24) is 5.32 Å². The van der Waals surface area contributed by atoms with Crippen molar-refractivity contribution >= 4 is 5.97 Å². The number of ether oxygens (including phenoxy) is 3. The van der Waals surface area contributed by atoms with Crippen LogP contribution in [-0.4, -0.2) is 55.4 Å². The number of rotatable bonds is 7. The molecule has 2 N–H and O–H groups in total. The number of carbonyl (C=O) groups excluding carboxylic acids is 1. The van der Waals surface area contributed by atoms with E-state index in [-0.39, 0.29) is 6.61 Å². The first-order chi connectivity index (χ1) is 12.0. The number of hydrogen-bond donors (Lipinski definition) is 2. The summed E-state index contributed by atoms with van der Waals surface area (Å²) in [5.74, 6) is -3.80. The molecule has 25 heavy (non-hydrogen) atoms. The average molecular weight is 355 g/mol. The topological polar surface area (TPSA) is 77.0 Å². The molecule has 6 nitrogen and oxygen atoms in total. The Labute approximate surface area is 147 Å². The summed E-state index contributed by atoms with van der Waals surface area (Å²) >= 11 is 0. The largest absolute Gasteiger partial charge is 0.465 e. The highest BCUT2D eigenvalue weighted by atomic mass is 19.1. The average Bonchev–Trinajstić information content (AvgIpc) is 2.65. The van der Waals surface area contributed by atoms with Gasteiger partial charge in [0.1, 0.15) is 0 Å². The first kappa shape index (κ1) is 19.8. The summed E-state index contributed by atoms with van der Waals surface area (Å²) in [6.07, 6.45) is -4.07. The van der Waals surface area contributed by atoms with Crippen LogP contribution in [0.3, 0.4) is 0 Å². The van der Waals surface area contributed by atoms with Crippen molar-refractivity contribution in [3.63, 3.8) is 0 Å².